The topological polar surface area (TPSA) is 81.1 Å². The second-order valence-electron chi connectivity index (χ2n) is 7.35. The number of ether oxygens (including phenoxy) is 1. The predicted molar refractivity (Wildman–Crippen MR) is 130 cm³/mol. The Bertz CT molecular complexity index is 1460. The second-order valence-corrected chi connectivity index (χ2v) is 8.18. The number of benzene rings is 2. The molecule has 1 aliphatic rings. The first kappa shape index (κ1) is 21.6. The number of nitrogens with one attached hydrogen (secondary N) is 1. The maximum Gasteiger partial charge on any atom is 0.262 e. The van der Waals surface area contributed by atoms with Crippen molar-refractivity contribution in [2.24, 2.45) is 10.1 Å². The normalized spacial score (nSPS) is 13.6. The molecule has 170 valence electrons. The Hall–Kier alpha value is -4.24. The van der Waals surface area contributed by atoms with E-state index in [1.807, 2.05) is 29.6 Å². The van der Waals surface area contributed by atoms with E-state index in [-0.39, 0.29) is 18.3 Å². The molecule has 0 aliphatic carbocycles. The van der Waals surface area contributed by atoms with Gasteiger partial charge in [-0.25, -0.2) is 9.07 Å². The highest BCUT2D eigenvalue weighted by Crippen LogP contribution is 2.33. The number of fused-ring (bicyclic) bond motifs is 1. The minimum atomic E-state index is -0.303. The van der Waals surface area contributed by atoms with E-state index in [0.717, 1.165) is 16.8 Å². The van der Waals surface area contributed by atoms with Crippen LogP contribution in [0.5, 0.6) is 5.75 Å². The number of amides is 1. The van der Waals surface area contributed by atoms with E-state index in [0.29, 0.717) is 34.3 Å². The lowest BCUT2D eigenvalue weighted by atomic mass is 10.1. The molecular formula is C25H19FN4O3S. The summed E-state index contributed by atoms with van der Waals surface area (Å²) in [4.78, 5) is 16.9. The molecule has 9 heteroatoms. The minimum Gasteiger partial charge on any atom is -0.482 e. The van der Waals surface area contributed by atoms with Gasteiger partial charge in [-0.1, -0.05) is 6.08 Å². The first-order chi connectivity index (χ1) is 16.6. The Labute approximate surface area is 198 Å². The highest BCUT2D eigenvalue weighted by Gasteiger charge is 2.18. The van der Waals surface area contributed by atoms with Crippen LogP contribution >= 0.6 is 11.3 Å². The van der Waals surface area contributed by atoms with Gasteiger partial charge in [0.25, 0.3) is 5.91 Å². The molecule has 2 aromatic heterocycles. The van der Waals surface area contributed by atoms with Gasteiger partial charge in [0.2, 0.25) is 4.80 Å². The van der Waals surface area contributed by atoms with Crippen LogP contribution in [0.15, 0.2) is 87.1 Å². The Morgan fingerprint density at radius 2 is 1.97 bits per heavy atom. The van der Waals surface area contributed by atoms with Crippen molar-refractivity contribution < 1.29 is 18.3 Å². The number of aromatic nitrogens is 1. The number of hydrogen-bond acceptors (Lipinski definition) is 6. The summed E-state index contributed by atoms with van der Waals surface area (Å²) < 4.78 is 26.2. The van der Waals surface area contributed by atoms with Gasteiger partial charge in [-0.3, -0.25) is 9.79 Å². The van der Waals surface area contributed by atoms with E-state index in [2.05, 4.69) is 22.0 Å². The van der Waals surface area contributed by atoms with E-state index < -0.39 is 0 Å². The quantitative estimate of drug-likeness (QED) is 0.318. The summed E-state index contributed by atoms with van der Waals surface area (Å²) in [6.07, 6.45) is 3.31. The van der Waals surface area contributed by atoms with Crippen molar-refractivity contribution in [1.29, 1.82) is 0 Å². The van der Waals surface area contributed by atoms with Crippen LogP contribution in [0.4, 0.5) is 10.1 Å². The minimum absolute atomic E-state index is 0.00271. The fourth-order valence-corrected chi connectivity index (χ4v) is 4.26. The van der Waals surface area contributed by atoms with E-state index in [1.54, 1.807) is 35.2 Å². The van der Waals surface area contributed by atoms with Crippen molar-refractivity contribution in [3.05, 3.63) is 89.0 Å². The summed E-state index contributed by atoms with van der Waals surface area (Å²) >= 11 is 1.44. The number of thiazole rings is 1. The first-order valence-electron chi connectivity index (χ1n) is 10.4. The lowest BCUT2D eigenvalue weighted by Crippen LogP contribution is -2.25. The van der Waals surface area contributed by atoms with Crippen LogP contribution in [0, 0.1) is 5.82 Å². The number of carbonyl (C=O) groups excluding carboxylic acids is 1. The van der Waals surface area contributed by atoms with Gasteiger partial charge in [0.1, 0.15) is 23.1 Å². The molecule has 4 aromatic rings. The van der Waals surface area contributed by atoms with Crippen LogP contribution in [0.25, 0.3) is 22.6 Å². The summed E-state index contributed by atoms with van der Waals surface area (Å²) in [6.45, 7) is 4.17. The van der Waals surface area contributed by atoms with Gasteiger partial charge >= 0.3 is 0 Å². The van der Waals surface area contributed by atoms with Crippen molar-refractivity contribution in [1.82, 2.24) is 4.68 Å². The summed E-state index contributed by atoms with van der Waals surface area (Å²) in [7, 11) is 0. The Morgan fingerprint density at radius 3 is 2.79 bits per heavy atom. The molecule has 1 aliphatic heterocycles. The lowest BCUT2D eigenvalue weighted by Gasteiger charge is -2.18. The monoisotopic (exact) mass is 474 g/mol. The zero-order chi connectivity index (χ0) is 23.5. The van der Waals surface area contributed by atoms with E-state index in [9.17, 15) is 9.18 Å². The van der Waals surface area contributed by atoms with Crippen LogP contribution in [0.2, 0.25) is 0 Å². The molecule has 7 nitrogen and oxygen atoms in total. The maximum absolute atomic E-state index is 13.2. The van der Waals surface area contributed by atoms with Crippen LogP contribution in [-0.4, -0.2) is 29.9 Å². The number of carbonyl (C=O) groups is 1. The number of hydrogen-bond donors (Lipinski definition) is 1. The van der Waals surface area contributed by atoms with Gasteiger partial charge in [0, 0.05) is 16.5 Å². The highest BCUT2D eigenvalue weighted by molar-refractivity contribution is 7.07. The van der Waals surface area contributed by atoms with Crippen LogP contribution < -0.4 is 14.9 Å². The molecule has 34 heavy (non-hydrogen) atoms. The van der Waals surface area contributed by atoms with Gasteiger partial charge in [-0.15, -0.1) is 17.9 Å². The molecule has 5 rings (SSSR count). The van der Waals surface area contributed by atoms with Gasteiger partial charge in [0.05, 0.1) is 24.1 Å². The molecule has 0 saturated heterocycles. The fourth-order valence-electron chi connectivity index (χ4n) is 3.41. The number of halogens is 1. The number of nitrogens with zero attached hydrogens (tertiary/aromatic N) is 3. The molecule has 3 heterocycles. The van der Waals surface area contributed by atoms with Crippen molar-refractivity contribution >= 4 is 29.1 Å². The standard InChI is InChI=1S/C25H19FN4O3S/c1-2-11-27-25-30(28-13-19-8-10-22(33-19)16-3-6-18(26)7-4-16)21(15-34-25)17-5-9-23-20(12-17)29-24(31)14-32-23/h2-10,12-13,15H,1,11,14H2,(H,29,31). The van der Waals surface area contributed by atoms with Gasteiger partial charge in [-0.05, 0) is 54.6 Å². The molecule has 0 bridgehead atoms. The molecule has 1 amide bonds. The van der Waals surface area contributed by atoms with Gasteiger partial charge in [-0.2, -0.15) is 5.10 Å². The summed E-state index contributed by atoms with van der Waals surface area (Å²) in [5.74, 6) is 1.26. The van der Waals surface area contributed by atoms with Gasteiger partial charge < -0.3 is 14.5 Å². The third-order valence-corrected chi connectivity index (χ3v) is 5.86. The Kier molecular flexibility index (Phi) is 5.92. The Morgan fingerprint density at radius 1 is 1.15 bits per heavy atom. The van der Waals surface area contributed by atoms with Gasteiger partial charge in [0.15, 0.2) is 6.61 Å². The SMILES string of the molecule is C=CCN=c1scc(-c2ccc3c(c2)NC(=O)CO3)n1N=Cc1ccc(-c2ccc(F)cc2)o1. The maximum atomic E-state index is 13.2. The molecule has 1 N–H and O–H groups in total. The number of furan rings is 1. The third-order valence-electron chi connectivity index (χ3n) is 5.01. The summed E-state index contributed by atoms with van der Waals surface area (Å²) in [5.41, 5.74) is 3.00. The largest absolute Gasteiger partial charge is 0.482 e. The van der Waals surface area contributed by atoms with Crippen LogP contribution in [0.1, 0.15) is 5.76 Å². The molecule has 0 unspecified atom stereocenters. The van der Waals surface area contributed by atoms with E-state index in [4.69, 9.17) is 9.15 Å². The molecule has 2 aromatic carbocycles. The summed E-state index contributed by atoms with van der Waals surface area (Å²) in [6, 6.07) is 15.3. The highest BCUT2D eigenvalue weighted by atomic mass is 32.1. The molecular weight excluding hydrogens is 455 g/mol. The molecule has 0 radical (unpaired) electrons. The van der Waals surface area contributed by atoms with Crippen LogP contribution in [0.3, 0.4) is 0 Å². The number of rotatable bonds is 6. The molecule has 0 fully saturated rings. The molecule has 0 spiro atoms. The average molecular weight is 475 g/mol. The number of anilines is 1. The zero-order valence-corrected chi connectivity index (χ0v) is 18.7. The Balaban J connectivity index is 1.50. The fraction of sp³-hybridized carbons (Fsp3) is 0.0800. The van der Waals surface area contributed by atoms with E-state index >= 15 is 0 Å². The van der Waals surface area contributed by atoms with Crippen molar-refractivity contribution in [3.63, 3.8) is 0 Å². The average Bonchev–Trinajstić information content (AvgIpc) is 3.48. The lowest BCUT2D eigenvalue weighted by molar-refractivity contribution is -0.118. The van der Waals surface area contributed by atoms with E-state index in [1.165, 1.54) is 23.5 Å². The van der Waals surface area contributed by atoms with Crippen LogP contribution in [-0.2, 0) is 4.79 Å². The molecule has 0 atom stereocenters. The summed E-state index contributed by atoms with van der Waals surface area (Å²) in [5, 5.41) is 9.39. The predicted octanol–water partition coefficient (Wildman–Crippen LogP) is 4.92. The smallest absolute Gasteiger partial charge is 0.262 e. The van der Waals surface area contributed by atoms with Crippen molar-refractivity contribution in [2.75, 3.05) is 18.5 Å². The second kappa shape index (κ2) is 9.32. The third kappa shape index (κ3) is 4.46. The first-order valence-corrected chi connectivity index (χ1v) is 11.3. The van der Waals surface area contributed by atoms with Crippen molar-refractivity contribution in [2.45, 2.75) is 0 Å². The zero-order valence-electron chi connectivity index (χ0n) is 17.9. The van der Waals surface area contributed by atoms with Crippen molar-refractivity contribution in [3.8, 4) is 28.3 Å². The molecule has 0 saturated carbocycles.